The van der Waals surface area contributed by atoms with Crippen LogP contribution < -0.4 is 20.1 Å². The van der Waals surface area contributed by atoms with E-state index in [0.717, 1.165) is 10.9 Å². The van der Waals surface area contributed by atoms with Crippen molar-refractivity contribution in [1.29, 1.82) is 0 Å². The second-order valence-corrected chi connectivity index (χ2v) is 7.71. The lowest BCUT2D eigenvalue weighted by molar-refractivity contribution is 0.0526. The average Bonchev–Trinajstić information content (AvgIpc) is 2.91. The van der Waals surface area contributed by atoms with Gasteiger partial charge in [0, 0.05) is 35.3 Å². The highest BCUT2D eigenvalue weighted by Gasteiger charge is 2.16. The molecule has 0 aliphatic rings. The second-order valence-electron chi connectivity index (χ2n) is 7.71. The number of hydrogen-bond acceptors (Lipinski definition) is 8. The lowest BCUT2D eigenvalue weighted by Crippen LogP contribution is -2.13. The number of carbonyl (C=O) groups is 2. The molecule has 1 amide bonds. The number of hydrogen-bond donors (Lipinski definition) is 2. The first-order chi connectivity index (χ1) is 17.5. The molecule has 0 atom stereocenters. The molecular formula is C27H26N4O5. The van der Waals surface area contributed by atoms with Crippen molar-refractivity contribution in [3.8, 4) is 22.8 Å². The summed E-state index contributed by atoms with van der Waals surface area (Å²) in [5.74, 6) is 0.723. The van der Waals surface area contributed by atoms with Crippen molar-refractivity contribution in [2.24, 2.45) is 0 Å². The zero-order valence-electron chi connectivity index (χ0n) is 20.4. The third-order valence-electron chi connectivity index (χ3n) is 5.45. The molecule has 4 rings (SSSR count). The molecule has 3 aromatic carbocycles. The monoisotopic (exact) mass is 486 g/mol. The Kier molecular flexibility index (Phi) is 7.29. The maximum absolute atomic E-state index is 12.9. The van der Waals surface area contributed by atoms with Crippen LogP contribution in [0, 0.1) is 0 Å². The summed E-state index contributed by atoms with van der Waals surface area (Å²) in [7, 11) is 4.88. The smallest absolute Gasteiger partial charge is 0.338 e. The van der Waals surface area contributed by atoms with Crippen LogP contribution in [-0.2, 0) is 4.74 Å². The third-order valence-corrected chi connectivity index (χ3v) is 5.45. The molecule has 1 heterocycles. The largest absolute Gasteiger partial charge is 0.493 e. The highest BCUT2D eigenvalue weighted by atomic mass is 16.5. The maximum Gasteiger partial charge on any atom is 0.338 e. The molecule has 0 radical (unpaired) electrons. The number of nitrogens with zero attached hydrogens (tertiary/aromatic N) is 2. The first-order valence-corrected chi connectivity index (χ1v) is 11.3. The molecule has 0 fully saturated rings. The molecule has 9 heteroatoms. The zero-order valence-corrected chi connectivity index (χ0v) is 20.4. The Morgan fingerprint density at radius 2 is 1.61 bits per heavy atom. The van der Waals surface area contributed by atoms with Crippen LogP contribution in [0.2, 0.25) is 0 Å². The van der Waals surface area contributed by atoms with E-state index in [1.54, 1.807) is 58.5 Å². The predicted octanol–water partition coefficient (Wildman–Crippen LogP) is 4.78. The number of benzene rings is 3. The molecule has 9 nitrogen and oxygen atoms in total. The zero-order chi connectivity index (χ0) is 25.7. The van der Waals surface area contributed by atoms with E-state index in [1.165, 1.54) is 6.07 Å². The third kappa shape index (κ3) is 5.05. The van der Waals surface area contributed by atoms with Crippen molar-refractivity contribution in [3.05, 3.63) is 71.8 Å². The Labute approximate surface area is 208 Å². The second kappa shape index (κ2) is 10.7. The van der Waals surface area contributed by atoms with E-state index in [4.69, 9.17) is 14.2 Å². The normalized spacial score (nSPS) is 10.6. The molecule has 0 aliphatic carbocycles. The average molecular weight is 487 g/mol. The van der Waals surface area contributed by atoms with E-state index in [0.29, 0.717) is 45.5 Å². The number of nitrogens with one attached hydrogen (secondary N) is 2. The Hall–Kier alpha value is -4.66. The summed E-state index contributed by atoms with van der Waals surface area (Å²) in [6.45, 7) is 1.99. The van der Waals surface area contributed by atoms with Gasteiger partial charge in [-0.3, -0.25) is 4.79 Å². The fourth-order valence-corrected chi connectivity index (χ4v) is 3.74. The highest BCUT2D eigenvalue weighted by Crippen LogP contribution is 2.36. The van der Waals surface area contributed by atoms with Crippen molar-refractivity contribution >= 4 is 34.4 Å². The standard InChI is InChI=1S/C27H26N4O5/c1-5-36-26(33)18-10-6-9-17(12-18)25(32)29-19-11-7-8-16(13-19)24-20-14-22(34-3)23(35-4)15-21(20)30-27(28-2)31-24/h6-15H,5H2,1-4H3,(H,29,32)(H,28,30,31). The summed E-state index contributed by atoms with van der Waals surface area (Å²) in [6.07, 6.45) is 0. The fourth-order valence-electron chi connectivity index (χ4n) is 3.74. The Balaban J connectivity index is 1.70. The number of ether oxygens (including phenoxy) is 3. The van der Waals surface area contributed by atoms with E-state index in [-0.39, 0.29) is 12.5 Å². The van der Waals surface area contributed by atoms with Crippen LogP contribution in [0.5, 0.6) is 11.5 Å². The van der Waals surface area contributed by atoms with Crippen molar-refractivity contribution in [3.63, 3.8) is 0 Å². The van der Waals surface area contributed by atoms with Crippen LogP contribution in [-0.4, -0.2) is 49.7 Å². The predicted molar refractivity (Wildman–Crippen MR) is 138 cm³/mol. The summed E-state index contributed by atoms with van der Waals surface area (Å²) in [4.78, 5) is 34.2. The molecule has 0 saturated carbocycles. The first-order valence-electron chi connectivity index (χ1n) is 11.3. The van der Waals surface area contributed by atoms with Crippen LogP contribution in [0.25, 0.3) is 22.2 Å². The van der Waals surface area contributed by atoms with Gasteiger partial charge in [0.25, 0.3) is 5.91 Å². The number of amides is 1. The molecule has 0 unspecified atom stereocenters. The van der Waals surface area contributed by atoms with Gasteiger partial charge in [0.2, 0.25) is 5.95 Å². The van der Waals surface area contributed by atoms with Gasteiger partial charge in [-0.2, -0.15) is 0 Å². The van der Waals surface area contributed by atoms with Gasteiger partial charge in [0.05, 0.1) is 37.6 Å². The van der Waals surface area contributed by atoms with Crippen molar-refractivity contribution in [1.82, 2.24) is 9.97 Å². The number of fused-ring (bicyclic) bond motifs is 1. The Morgan fingerprint density at radius 3 is 2.33 bits per heavy atom. The van der Waals surface area contributed by atoms with Crippen LogP contribution in [0.1, 0.15) is 27.6 Å². The molecule has 184 valence electrons. The molecule has 36 heavy (non-hydrogen) atoms. The van der Waals surface area contributed by atoms with E-state index >= 15 is 0 Å². The number of esters is 1. The quantitative estimate of drug-likeness (QED) is 0.342. The minimum atomic E-state index is -0.475. The summed E-state index contributed by atoms with van der Waals surface area (Å²) < 4.78 is 15.9. The topological polar surface area (TPSA) is 112 Å². The van der Waals surface area contributed by atoms with Crippen LogP contribution in [0.3, 0.4) is 0 Å². The van der Waals surface area contributed by atoms with E-state index < -0.39 is 5.97 Å². The summed E-state index contributed by atoms with van der Waals surface area (Å²) in [6, 6.07) is 17.4. The van der Waals surface area contributed by atoms with Gasteiger partial charge < -0.3 is 24.8 Å². The molecule has 1 aromatic heterocycles. The fraction of sp³-hybridized carbons (Fsp3) is 0.185. The van der Waals surface area contributed by atoms with Gasteiger partial charge in [0.15, 0.2) is 11.5 Å². The highest BCUT2D eigenvalue weighted by molar-refractivity contribution is 6.06. The Morgan fingerprint density at radius 1 is 0.889 bits per heavy atom. The minimum absolute atomic E-state index is 0.258. The van der Waals surface area contributed by atoms with Gasteiger partial charge in [0.1, 0.15) is 0 Å². The molecule has 0 aliphatic heterocycles. The van der Waals surface area contributed by atoms with Gasteiger partial charge >= 0.3 is 5.97 Å². The first kappa shape index (κ1) is 24.5. The Bertz CT molecular complexity index is 1440. The van der Waals surface area contributed by atoms with Gasteiger partial charge in [-0.15, -0.1) is 0 Å². The minimum Gasteiger partial charge on any atom is -0.493 e. The number of rotatable bonds is 8. The lowest BCUT2D eigenvalue weighted by Gasteiger charge is -2.13. The van der Waals surface area contributed by atoms with Crippen LogP contribution in [0.15, 0.2) is 60.7 Å². The summed E-state index contributed by atoms with van der Waals surface area (Å²) >= 11 is 0. The number of carbonyl (C=O) groups excluding carboxylic acids is 2. The van der Waals surface area contributed by atoms with Gasteiger partial charge in [-0.1, -0.05) is 18.2 Å². The molecule has 0 bridgehead atoms. The van der Waals surface area contributed by atoms with E-state index in [9.17, 15) is 9.59 Å². The molecule has 2 N–H and O–H groups in total. The van der Waals surface area contributed by atoms with Crippen LogP contribution >= 0.6 is 0 Å². The molecule has 0 saturated heterocycles. The summed E-state index contributed by atoms with van der Waals surface area (Å²) in [5.41, 5.74) is 3.32. The summed E-state index contributed by atoms with van der Waals surface area (Å²) in [5, 5.41) is 6.64. The van der Waals surface area contributed by atoms with Gasteiger partial charge in [-0.05, 0) is 43.3 Å². The van der Waals surface area contributed by atoms with Crippen molar-refractivity contribution in [2.45, 2.75) is 6.92 Å². The number of aromatic nitrogens is 2. The molecule has 4 aromatic rings. The molecule has 0 spiro atoms. The lowest BCUT2D eigenvalue weighted by atomic mass is 10.0. The van der Waals surface area contributed by atoms with Crippen LogP contribution in [0.4, 0.5) is 11.6 Å². The number of anilines is 2. The number of methoxy groups -OCH3 is 2. The maximum atomic E-state index is 12.9. The molecular weight excluding hydrogens is 460 g/mol. The van der Waals surface area contributed by atoms with E-state index in [1.807, 2.05) is 24.3 Å². The van der Waals surface area contributed by atoms with Gasteiger partial charge in [-0.25, -0.2) is 14.8 Å². The SMILES string of the molecule is CCOC(=O)c1cccc(C(=O)Nc2cccc(-c3nc(NC)nc4cc(OC)c(OC)cc34)c2)c1. The van der Waals surface area contributed by atoms with Crippen molar-refractivity contribution in [2.75, 3.05) is 38.5 Å². The van der Waals surface area contributed by atoms with Crippen molar-refractivity contribution < 1.29 is 23.8 Å². The van der Waals surface area contributed by atoms with E-state index in [2.05, 4.69) is 20.6 Å².